The van der Waals surface area contributed by atoms with Crippen molar-refractivity contribution in [2.75, 3.05) is 5.32 Å². The van der Waals surface area contributed by atoms with Crippen LogP contribution in [0.1, 0.15) is 22.3 Å². The highest BCUT2D eigenvalue weighted by Crippen LogP contribution is 2.25. The Kier molecular flexibility index (Phi) is 7.12. The van der Waals surface area contributed by atoms with Crippen LogP contribution in [0, 0.1) is 0 Å². The van der Waals surface area contributed by atoms with Gasteiger partial charge < -0.3 is 19.9 Å². The van der Waals surface area contributed by atoms with Gasteiger partial charge in [-0.15, -0.1) is 0 Å². The van der Waals surface area contributed by atoms with Gasteiger partial charge in [0.15, 0.2) is 0 Å². The minimum atomic E-state index is -0.237. The average molecular weight is 441 g/mol. The summed E-state index contributed by atoms with van der Waals surface area (Å²) < 4.78 is 7.79. The van der Waals surface area contributed by atoms with Crippen LogP contribution in [-0.2, 0) is 17.9 Å². The molecule has 0 aliphatic heterocycles. The van der Waals surface area contributed by atoms with Crippen LogP contribution < -0.4 is 15.4 Å². The smallest absolute Gasteiger partial charge is 0.251 e. The van der Waals surface area contributed by atoms with Crippen molar-refractivity contribution in [2.45, 2.75) is 19.5 Å². The second-order valence-electron chi connectivity index (χ2n) is 7.39. The number of aryl methyl sites for hydroxylation is 1. The summed E-state index contributed by atoms with van der Waals surface area (Å²) in [6.07, 6.45) is 5.46. The van der Waals surface area contributed by atoms with E-state index in [0.29, 0.717) is 36.5 Å². The normalized spacial score (nSPS) is 10.4. The van der Waals surface area contributed by atoms with E-state index < -0.39 is 0 Å². The van der Waals surface area contributed by atoms with Gasteiger partial charge in [0.1, 0.15) is 11.5 Å². The van der Waals surface area contributed by atoms with Gasteiger partial charge >= 0.3 is 0 Å². The van der Waals surface area contributed by atoms with Gasteiger partial charge in [0.2, 0.25) is 5.91 Å². The van der Waals surface area contributed by atoms with Crippen LogP contribution in [0.2, 0.25) is 0 Å². The Hall–Kier alpha value is -4.39. The molecule has 166 valence electrons. The number of amides is 2. The Morgan fingerprint density at radius 1 is 0.939 bits per heavy atom. The number of nitrogens with one attached hydrogen (secondary N) is 2. The second-order valence-corrected chi connectivity index (χ2v) is 7.39. The van der Waals surface area contributed by atoms with Gasteiger partial charge in [-0.05, 0) is 36.4 Å². The molecule has 1 heterocycles. The van der Waals surface area contributed by atoms with E-state index in [1.165, 1.54) is 0 Å². The number of nitrogens with zero attached hydrogens (tertiary/aromatic N) is 2. The molecule has 1 aromatic heterocycles. The summed E-state index contributed by atoms with van der Waals surface area (Å²) in [4.78, 5) is 28.9. The summed E-state index contributed by atoms with van der Waals surface area (Å²) in [6.45, 7) is 0.847. The first-order valence-electron chi connectivity index (χ1n) is 10.6. The average Bonchev–Trinajstić information content (AvgIpc) is 3.37. The fourth-order valence-electron chi connectivity index (χ4n) is 3.25. The quantitative estimate of drug-likeness (QED) is 0.397. The van der Waals surface area contributed by atoms with Gasteiger partial charge in [0.05, 0.1) is 6.33 Å². The molecule has 33 heavy (non-hydrogen) atoms. The Morgan fingerprint density at radius 2 is 1.76 bits per heavy atom. The van der Waals surface area contributed by atoms with E-state index in [2.05, 4.69) is 15.6 Å². The molecular weight excluding hydrogens is 416 g/mol. The standard InChI is InChI=1S/C26H24N4O3/c31-25(13-15-30-16-14-27-19-30)29-22-9-6-8-20(17-22)26(32)28-18-21-7-4-5-12-24(21)33-23-10-2-1-3-11-23/h1-12,14,16-17,19H,13,15,18H2,(H,28,32)(H,29,31). The minimum absolute atomic E-state index is 0.131. The number of hydrogen-bond acceptors (Lipinski definition) is 4. The lowest BCUT2D eigenvalue weighted by atomic mass is 10.1. The van der Waals surface area contributed by atoms with Crippen molar-refractivity contribution in [2.24, 2.45) is 0 Å². The molecule has 0 radical (unpaired) electrons. The van der Waals surface area contributed by atoms with Crippen LogP contribution in [0.4, 0.5) is 5.69 Å². The van der Waals surface area contributed by atoms with Crippen molar-refractivity contribution in [3.63, 3.8) is 0 Å². The molecule has 0 bridgehead atoms. The van der Waals surface area contributed by atoms with Gasteiger partial charge in [-0.3, -0.25) is 9.59 Å². The van der Waals surface area contributed by atoms with Crippen LogP contribution >= 0.6 is 0 Å². The molecule has 2 N–H and O–H groups in total. The molecule has 0 fully saturated rings. The minimum Gasteiger partial charge on any atom is -0.457 e. The zero-order chi connectivity index (χ0) is 22.9. The van der Waals surface area contributed by atoms with Crippen molar-refractivity contribution in [1.29, 1.82) is 0 Å². The summed E-state index contributed by atoms with van der Waals surface area (Å²) in [5, 5.41) is 5.76. The summed E-state index contributed by atoms with van der Waals surface area (Å²) in [5.74, 6) is 1.04. The van der Waals surface area contributed by atoms with E-state index in [1.54, 1.807) is 43.0 Å². The maximum atomic E-state index is 12.7. The van der Waals surface area contributed by atoms with E-state index in [0.717, 1.165) is 11.3 Å². The van der Waals surface area contributed by atoms with E-state index in [1.807, 2.05) is 59.2 Å². The first kappa shape index (κ1) is 21.8. The molecule has 0 unspecified atom stereocenters. The molecule has 0 aliphatic carbocycles. The Bertz CT molecular complexity index is 1210. The number of carbonyl (C=O) groups excluding carboxylic acids is 2. The number of carbonyl (C=O) groups is 2. The predicted molar refractivity (Wildman–Crippen MR) is 126 cm³/mol. The third kappa shape index (κ3) is 6.30. The largest absolute Gasteiger partial charge is 0.457 e. The zero-order valence-electron chi connectivity index (χ0n) is 18.0. The molecule has 7 heteroatoms. The molecule has 0 atom stereocenters. The van der Waals surface area contributed by atoms with Crippen molar-refractivity contribution in [1.82, 2.24) is 14.9 Å². The van der Waals surface area contributed by atoms with E-state index >= 15 is 0 Å². The molecule has 4 rings (SSSR count). The number of ether oxygens (including phenoxy) is 1. The third-order valence-corrected chi connectivity index (χ3v) is 4.95. The van der Waals surface area contributed by atoms with Crippen LogP contribution in [0.25, 0.3) is 0 Å². The topological polar surface area (TPSA) is 85.2 Å². The lowest BCUT2D eigenvalue weighted by Crippen LogP contribution is -2.23. The van der Waals surface area contributed by atoms with E-state index in [4.69, 9.17) is 4.74 Å². The van der Waals surface area contributed by atoms with Gasteiger partial charge in [-0.2, -0.15) is 0 Å². The summed E-state index contributed by atoms with van der Waals surface area (Å²) >= 11 is 0. The fourth-order valence-corrected chi connectivity index (χ4v) is 3.25. The van der Waals surface area contributed by atoms with Crippen LogP contribution in [0.15, 0.2) is 97.6 Å². The second kappa shape index (κ2) is 10.8. The zero-order valence-corrected chi connectivity index (χ0v) is 18.0. The highest BCUT2D eigenvalue weighted by atomic mass is 16.5. The molecule has 2 amide bonds. The number of anilines is 1. The van der Waals surface area contributed by atoms with Crippen LogP contribution in [0.3, 0.4) is 0 Å². The number of rotatable bonds is 9. The first-order valence-corrected chi connectivity index (χ1v) is 10.6. The maximum absolute atomic E-state index is 12.7. The van der Waals surface area contributed by atoms with Crippen LogP contribution in [-0.4, -0.2) is 21.4 Å². The summed E-state index contributed by atoms with van der Waals surface area (Å²) in [5.41, 5.74) is 1.90. The molecule has 0 saturated heterocycles. The van der Waals surface area contributed by atoms with E-state index in [9.17, 15) is 9.59 Å². The molecular formula is C26H24N4O3. The predicted octanol–water partition coefficient (Wildman–Crippen LogP) is 4.63. The lowest BCUT2D eigenvalue weighted by molar-refractivity contribution is -0.116. The van der Waals surface area contributed by atoms with Crippen LogP contribution in [0.5, 0.6) is 11.5 Å². The SMILES string of the molecule is O=C(CCn1ccnc1)Nc1cccc(C(=O)NCc2ccccc2Oc2ccccc2)c1. The third-order valence-electron chi connectivity index (χ3n) is 4.95. The molecule has 0 aliphatic rings. The van der Waals surface area contributed by atoms with Crippen molar-refractivity contribution in [3.8, 4) is 11.5 Å². The van der Waals surface area contributed by atoms with Gasteiger partial charge in [0.25, 0.3) is 5.91 Å². The highest BCUT2D eigenvalue weighted by molar-refractivity contribution is 5.97. The number of aromatic nitrogens is 2. The monoisotopic (exact) mass is 440 g/mol. The fraction of sp³-hybridized carbons (Fsp3) is 0.115. The first-order chi connectivity index (χ1) is 16.2. The number of benzene rings is 3. The molecule has 7 nitrogen and oxygen atoms in total. The lowest BCUT2D eigenvalue weighted by Gasteiger charge is -2.12. The summed E-state index contributed by atoms with van der Waals surface area (Å²) in [7, 11) is 0. The van der Waals surface area contributed by atoms with E-state index in [-0.39, 0.29) is 11.8 Å². The van der Waals surface area contributed by atoms with Crippen molar-refractivity contribution in [3.05, 3.63) is 109 Å². The van der Waals surface area contributed by atoms with Gasteiger partial charge in [-0.25, -0.2) is 4.98 Å². The molecule has 4 aromatic rings. The summed E-state index contributed by atoms with van der Waals surface area (Å²) in [6, 6.07) is 23.9. The highest BCUT2D eigenvalue weighted by Gasteiger charge is 2.10. The van der Waals surface area contributed by atoms with Crippen molar-refractivity contribution >= 4 is 17.5 Å². The Balaban J connectivity index is 1.34. The number of hydrogen-bond donors (Lipinski definition) is 2. The number of para-hydroxylation sites is 2. The Labute approximate surface area is 192 Å². The number of imidazole rings is 1. The maximum Gasteiger partial charge on any atom is 0.251 e. The van der Waals surface area contributed by atoms with Gasteiger partial charge in [-0.1, -0.05) is 42.5 Å². The van der Waals surface area contributed by atoms with Gasteiger partial charge in [0, 0.05) is 48.7 Å². The Morgan fingerprint density at radius 3 is 2.58 bits per heavy atom. The molecule has 0 saturated carbocycles. The molecule has 3 aromatic carbocycles. The van der Waals surface area contributed by atoms with Crippen molar-refractivity contribution < 1.29 is 14.3 Å². The molecule has 0 spiro atoms.